The summed E-state index contributed by atoms with van der Waals surface area (Å²) < 4.78 is 6.88. The molecule has 0 amide bonds. The molecule has 0 atom stereocenters. The zero-order chi connectivity index (χ0) is 13.1. The van der Waals surface area contributed by atoms with Crippen LogP contribution in [0.25, 0.3) is 11.5 Å². The molecule has 0 spiro atoms. The van der Waals surface area contributed by atoms with Crippen LogP contribution in [-0.4, -0.2) is 22.8 Å². The van der Waals surface area contributed by atoms with E-state index in [4.69, 9.17) is 4.42 Å². The summed E-state index contributed by atoms with van der Waals surface area (Å²) in [6, 6.07) is 8.87. The maximum atomic E-state index is 5.68. The molecule has 1 saturated carbocycles. The summed E-state index contributed by atoms with van der Waals surface area (Å²) in [6.45, 7) is 1.03. The third-order valence-corrected chi connectivity index (χ3v) is 3.85. The summed E-state index contributed by atoms with van der Waals surface area (Å²) >= 11 is 2.28. The van der Waals surface area contributed by atoms with Crippen molar-refractivity contribution >= 4 is 22.6 Å². The summed E-state index contributed by atoms with van der Waals surface area (Å²) in [7, 11) is 0. The van der Waals surface area contributed by atoms with Gasteiger partial charge in [-0.3, -0.25) is 0 Å². The molecule has 19 heavy (non-hydrogen) atoms. The van der Waals surface area contributed by atoms with Crippen molar-refractivity contribution in [3.8, 4) is 11.5 Å². The molecule has 0 saturated heterocycles. The minimum absolute atomic E-state index is 0.613. The first-order chi connectivity index (χ1) is 9.31. The molecule has 1 aliphatic rings. The molecule has 1 heterocycles. The second-order valence-corrected chi connectivity index (χ2v) is 6.09. The summed E-state index contributed by atoms with van der Waals surface area (Å²) in [6.07, 6.45) is 4.55. The van der Waals surface area contributed by atoms with Crippen LogP contribution in [0, 0.1) is 3.57 Å². The quantitative estimate of drug-likeness (QED) is 0.628. The maximum absolute atomic E-state index is 5.68. The highest BCUT2D eigenvalue weighted by Gasteiger charge is 2.19. The highest BCUT2D eigenvalue weighted by Crippen LogP contribution is 2.20. The van der Waals surface area contributed by atoms with E-state index in [0.29, 0.717) is 5.89 Å². The first-order valence-corrected chi connectivity index (χ1v) is 7.71. The van der Waals surface area contributed by atoms with Crippen molar-refractivity contribution in [2.45, 2.75) is 31.7 Å². The van der Waals surface area contributed by atoms with Crippen LogP contribution in [-0.2, 0) is 6.42 Å². The lowest BCUT2D eigenvalue weighted by atomic mass is 10.2. The zero-order valence-electron chi connectivity index (χ0n) is 10.6. The van der Waals surface area contributed by atoms with Crippen LogP contribution in [0.2, 0.25) is 0 Å². The fourth-order valence-corrected chi connectivity index (χ4v) is 2.26. The first kappa shape index (κ1) is 13.1. The maximum Gasteiger partial charge on any atom is 0.247 e. The van der Waals surface area contributed by atoms with E-state index in [9.17, 15) is 0 Å². The molecule has 0 bridgehead atoms. The van der Waals surface area contributed by atoms with E-state index in [0.717, 1.165) is 36.9 Å². The van der Waals surface area contributed by atoms with E-state index in [1.165, 1.54) is 16.4 Å². The highest BCUT2D eigenvalue weighted by atomic mass is 127. The Morgan fingerprint density at radius 1 is 1.21 bits per heavy atom. The molecule has 1 fully saturated rings. The van der Waals surface area contributed by atoms with Gasteiger partial charge in [-0.2, -0.15) is 0 Å². The van der Waals surface area contributed by atoms with E-state index < -0.39 is 0 Å². The Kier molecular flexibility index (Phi) is 4.12. The summed E-state index contributed by atoms with van der Waals surface area (Å²) in [5, 5.41) is 11.7. The van der Waals surface area contributed by atoms with Gasteiger partial charge in [0, 0.05) is 21.6 Å². The van der Waals surface area contributed by atoms with Crippen molar-refractivity contribution in [3.05, 3.63) is 33.7 Å². The number of aryl methyl sites for hydroxylation is 1. The van der Waals surface area contributed by atoms with Crippen molar-refractivity contribution < 1.29 is 4.42 Å². The van der Waals surface area contributed by atoms with Gasteiger partial charge < -0.3 is 9.73 Å². The van der Waals surface area contributed by atoms with Crippen LogP contribution in [0.1, 0.15) is 25.2 Å². The van der Waals surface area contributed by atoms with Crippen LogP contribution in [0.4, 0.5) is 0 Å². The van der Waals surface area contributed by atoms with Crippen LogP contribution in [0.5, 0.6) is 0 Å². The Labute approximate surface area is 126 Å². The van der Waals surface area contributed by atoms with Gasteiger partial charge in [0.25, 0.3) is 0 Å². The Morgan fingerprint density at radius 2 is 2.00 bits per heavy atom. The van der Waals surface area contributed by atoms with Gasteiger partial charge in [-0.25, -0.2) is 0 Å². The van der Waals surface area contributed by atoms with E-state index in [1.54, 1.807) is 0 Å². The smallest absolute Gasteiger partial charge is 0.247 e. The van der Waals surface area contributed by atoms with Crippen molar-refractivity contribution in [3.63, 3.8) is 0 Å². The first-order valence-electron chi connectivity index (χ1n) is 6.63. The molecular formula is C14H16IN3O. The molecule has 1 aromatic carbocycles. The molecule has 5 heteroatoms. The Morgan fingerprint density at radius 3 is 2.74 bits per heavy atom. The number of nitrogens with zero attached hydrogens (tertiary/aromatic N) is 2. The van der Waals surface area contributed by atoms with Crippen LogP contribution >= 0.6 is 22.6 Å². The molecule has 2 aromatic rings. The Hall–Kier alpha value is -0.950. The fourth-order valence-electron chi connectivity index (χ4n) is 1.90. The van der Waals surface area contributed by atoms with Crippen molar-refractivity contribution in [1.82, 2.24) is 15.5 Å². The molecule has 1 aliphatic carbocycles. The normalized spacial score (nSPS) is 14.8. The number of nitrogens with one attached hydrogen (secondary N) is 1. The highest BCUT2D eigenvalue weighted by molar-refractivity contribution is 14.1. The van der Waals surface area contributed by atoms with Crippen molar-refractivity contribution in [1.29, 1.82) is 0 Å². The number of benzene rings is 1. The molecule has 100 valence electrons. The number of hydrogen-bond acceptors (Lipinski definition) is 4. The van der Waals surface area contributed by atoms with E-state index >= 15 is 0 Å². The molecule has 4 nitrogen and oxygen atoms in total. The summed E-state index contributed by atoms with van der Waals surface area (Å²) in [5.41, 5.74) is 0.982. The Bertz CT molecular complexity index is 534. The van der Waals surface area contributed by atoms with Crippen molar-refractivity contribution in [2.75, 3.05) is 6.54 Å². The fraction of sp³-hybridized carbons (Fsp3) is 0.429. The van der Waals surface area contributed by atoms with Gasteiger partial charge in [-0.05, 0) is 72.7 Å². The predicted molar refractivity (Wildman–Crippen MR) is 81.8 cm³/mol. The monoisotopic (exact) mass is 369 g/mol. The van der Waals surface area contributed by atoms with Crippen molar-refractivity contribution in [2.24, 2.45) is 0 Å². The molecule has 0 aliphatic heterocycles. The number of hydrogen-bond donors (Lipinski definition) is 1. The van der Waals surface area contributed by atoms with Crippen LogP contribution < -0.4 is 5.32 Å². The molecule has 1 aromatic heterocycles. The minimum atomic E-state index is 0.613. The van der Waals surface area contributed by atoms with Gasteiger partial charge in [0.05, 0.1) is 0 Å². The molecule has 0 unspecified atom stereocenters. The average molecular weight is 369 g/mol. The minimum Gasteiger partial charge on any atom is -0.421 e. The second kappa shape index (κ2) is 6.00. The summed E-state index contributed by atoms with van der Waals surface area (Å²) in [4.78, 5) is 0. The predicted octanol–water partition coefficient (Wildman–Crippen LogP) is 3.03. The van der Waals surface area contributed by atoms with Gasteiger partial charge >= 0.3 is 0 Å². The number of aromatic nitrogens is 2. The number of rotatable bonds is 6. The largest absolute Gasteiger partial charge is 0.421 e. The number of halogens is 1. The molecule has 1 N–H and O–H groups in total. The zero-order valence-corrected chi connectivity index (χ0v) is 12.8. The second-order valence-electron chi connectivity index (χ2n) is 4.84. The standard InChI is InChI=1S/C14H16IN3O/c15-11-5-3-10(4-6-11)14-18-17-13(19-14)2-1-9-16-12-7-8-12/h3-6,12,16H,1-2,7-9H2. The van der Waals surface area contributed by atoms with Crippen LogP contribution in [0.3, 0.4) is 0 Å². The van der Waals surface area contributed by atoms with Gasteiger partial charge in [-0.15, -0.1) is 10.2 Å². The van der Waals surface area contributed by atoms with Gasteiger partial charge in [-0.1, -0.05) is 0 Å². The summed E-state index contributed by atoms with van der Waals surface area (Å²) in [5.74, 6) is 1.34. The lowest BCUT2D eigenvalue weighted by Crippen LogP contribution is -2.17. The van der Waals surface area contributed by atoms with E-state index in [-0.39, 0.29) is 0 Å². The lowest BCUT2D eigenvalue weighted by molar-refractivity contribution is 0.491. The van der Waals surface area contributed by atoms with Gasteiger partial charge in [0.2, 0.25) is 11.8 Å². The molecule has 3 rings (SSSR count). The average Bonchev–Trinajstić information content (AvgIpc) is 3.13. The van der Waals surface area contributed by atoms with Gasteiger partial charge in [0.15, 0.2) is 0 Å². The third-order valence-electron chi connectivity index (χ3n) is 3.14. The van der Waals surface area contributed by atoms with Gasteiger partial charge in [0.1, 0.15) is 0 Å². The molecule has 0 radical (unpaired) electrons. The lowest BCUT2D eigenvalue weighted by Gasteiger charge is -1.99. The SMILES string of the molecule is Ic1ccc(-c2nnc(CCCNC3CC3)o2)cc1. The van der Waals surface area contributed by atoms with Crippen LogP contribution in [0.15, 0.2) is 28.7 Å². The molecular weight excluding hydrogens is 353 g/mol. The van der Waals surface area contributed by atoms with E-state index in [1.807, 2.05) is 24.3 Å². The third kappa shape index (κ3) is 3.76. The topological polar surface area (TPSA) is 51.0 Å². The Balaban J connectivity index is 1.54. The van der Waals surface area contributed by atoms with E-state index in [2.05, 4.69) is 38.1 Å².